The Balaban J connectivity index is 2.85. The van der Waals surface area contributed by atoms with Crippen LogP contribution in [0.25, 0.3) is 0 Å². The summed E-state index contributed by atoms with van der Waals surface area (Å²) in [6, 6.07) is 0. The van der Waals surface area contributed by atoms with Gasteiger partial charge in [-0.2, -0.15) is 0 Å². The highest BCUT2D eigenvalue weighted by Crippen LogP contribution is 2.15. The predicted octanol–water partition coefficient (Wildman–Crippen LogP) is 0.912. The maximum atomic E-state index is 10.9. The van der Waals surface area contributed by atoms with E-state index in [4.69, 9.17) is 9.94 Å². The van der Waals surface area contributed by atoms with Crippen molar-refractivity contribution < 1.29 is 19.5 Å². The van der Waals surface area contributed by atoms with Crippen LogP contribution in [0.4, 0.5) is 5.13 Å². The third kappa shape index (κ3) is 4.11. The smallest absolute Gasteiger partial charge is 0.360 e. The molecule has 0 fully saturated rings. The van der Waals surface area contributed by atoms with E-state index in [9.17, 15) is 9.59 Å². The first-order valence-electron chi connectivity index (χ1n) is 4.34. The van der Waals surface area contributed by atoms with E-state index in [-0.39, 0.29) is 18.0 Å². The number of carboxylic acid groups (broad SMARTS) is 1. The van der Waals surface area contributed by atoms with E-state index in [0.29, 0.717) is 16.9 Å². The van der Waals surface area contributed by atoms with Crippen molar-refractivity contribution in [2.45, 2.75) is 0 Å². The van der Waals surface area contributed by atoms with Gasteiger partial charge in [-0.3, -0.25) is 4.79 Å². The number of aliphatic carboxylic acids is 1. The highest BCUT2D eigenvalue weighted by molar-refractivity contribution is 9.09. The highest BCUT2D eigenvalue weighted by atomic mass is 79.9. The average Bonchev–Trinajstić information content (AvgIpc) is 2.73. The molecule has 9 heteroatoms. The maximum absolute atomic E-state index is 10.9. The van der Waals surface area contributed by atoms with Gasteiger partial charge in [0.2, 0.25) is 12.1 Å². The fraction of sp³-hybridized carbons (Fsp3) is 0.250. The van der Waals surface area contributed by atoms with Gasteiger partial charge in [-0.25, -0.2) is 9.78 Å². The molecular weight excluding hydrogens is 314 g/mol. The molecule has 0 saturated carbocycles. The lowest BCUT2D eigenvalue weighted by atomic mass is 10.3. The fourth-order valence-corrected chi connectivity index (χ4v) is 1.64. The van der Waals surface area contributed by atoms with Crippen molar-refractivity contribution in [3.8, 4) is 0 Å². The van der Waals surface area contributed by atoms with E-state index < -0.39 is 5.97 Å². The first kappa shape index (κ1) is 13.6. The van der Waals surface area contributed by atoms with Crippen molar-refractivity contribution in [2.24, 2.45) is 5.16 Å². The molecule has 17 heavy (non-hydrogen) atoms. The molecule has 1 amide bonds. The zero-order valence-electron chi connectivity index (χ0n) is 8.42. The van der Waals surface area contributed by atoms with E-state index in [1.165, 1.54) is 5.38 Å². The number of amides is 1. The van der Waals surface area contributed by atoms with Gasteiger partial charge in [0.15, 0.2) is 5.13 Å². The molecule has 0 radical (unpaired) electrons. The maximum Gasteiger partial charge on any atom is 0.360 e. The van der Waals surface area contributed by atoms with Crippen LogP contribution < -0.4 is 5.32 Å². The second-order valence-electron chi connectivity index (χ2n) is 2.57. The summed E-state index contributed by atoms with van der Waals surface area (Å²) in [6.07, 6.45) is 0.460. The van der Waals surface area contributed by atoms with Crippen LogP contribution in [-0.4, -0.2) is 40.1 Å². The van der Waals surface area contributed by atoms with Crippen LogP contribution >= 0.6 is 27.3 Å². The number of alkyl halides is 1. The lowest BCUT2D eigenvalue weighted by Crippen LogP contribution is -2.16. The standard InChI is InChI=1S/C8H8BrN3O4S/c9-1-2-16-12-6(7(14)15)5-3-17-8(11-5)10-4-13/h3-4H,1-2H2,(H,14,15)(H,10,11,13)/b12-6-. The summed E-state index contributed by atoms with van der Waals surface area (Å²) >= 11 is 4.21. The van der Waals surface area contributed by atoms with Crippen molar-refractivity contribution in [1.82, 2.24) is 4.98 Å². The molecule has 0 aliphatic heterocycles. The Hall–Kier alpha value is -1.48. The summed E-state index contributed by atoms with van der Waals surface area (Å²) in [5.41, 5.74) is -0.164. The second kappa shape index (κ2) is 6.97. The minimum absolute atomic E-state index is 0.140. The first-order valence-corrected chi connectivity index (χ1v) is 6.34. The highest BCUT2D eigenvalue weighted by Gasteiger charge is 2.17. The number of rotatable bonds is 7. The van der Waals surface area contributed by atoms with Crippen molar-refractivity contribution >= 4 is 50.5 Å². The van der Waals surface area contributed by atoms with Gasteiger partial charge in [-0.05, 0) is 0 Å². The van der Waals surface area contributed by atoms with Crippen LogP contribution in [0.5, 0.6) is 0 Å². The Labute approximate surface area is 109 Å². The van der Waals surface area contributed by atoms with Crippen molar-refractivity contribution in [3.05, 3.63) is 11.1 Å². The van der Waals surface area contributed by atoms with Gasteiger partial charge in [0.25, 0.3) is 0 Å². The number of nitrogens with one attached hydrogen (secondary N) is 1. The third-order valence-corrected chi connectivity index (χ3v) is 2.55. The molecule has 1 heterocycles. The number of carbonyl (C=O) groups excluding carboxylic acids is 1. The van der Waals surface area contributed by atoms with Crippen LogP contribution in [0.1, 0.15) is 5.69 Å². The van der Waals surface area contributed by atoms with E-state index in [2.05, 4.69) is 31.4 Å². The van der Waals surface area contributed by atoms with Crippen molar-refractivity contribution in [2.75, 3.05) is 17.3 Å². The zero-order valence-corrected chi connectivity index (χ0v) is 10.8. The summed E-state index contributed by atoms with van der Waals surface area (Å²) < 4.78 is 0. The molecule has 0 aromatic carbocycles. The molecule has 2 N–H and O–H groups in total. The minimum atomic E-state index is -1.25. The van der Waals surface area contributed by atoms with E-state index in [1.807, 2.05) is 0 Å². The van der Waals surface area contributed by atoms with Crippen molar-refractivity contribution in [1.29, 1.82) is 0 Å². The molecule has 0 aliphatic rings. The Morgan fingerprint density at radius 2 is 2.53 bits per heavy atom. The summed E-state index contributed by atoms with van der Waals surface area (Å²) in [6.45, 7) is 0.250. The first-order chi connectivity index (χ1) is 8.19. The van der Waals surface area contributed by atoms with Crippen LogP contribution in [0, 0.1) is 0 Å². The summed E-state index contributed by atoms with van der Waals surface area (Å²) in [4.78, 5) is 29.7. The topological polar surface area (TPSA) is 101 Å². The second-order valence-corrected chi connectivity index (χ2v) is 4.22. The van der Waals surface area contributed by atoms with Crippen LogP contribution in [0.3, 0.4) is 0 Å². The SMILES string of the molecule is O=CNc1nc(/C(=N/OCCBr)C(=O)O)cs1. The minimum Gasteiger partial charge on any atom is -0.476 e. The number of carbonyl (C=O) groups is 2. The molecule has 0 atom stereocenters. The summed E-state index contributed by atoms with van der Waals surface area (Å²) in [7, 11) is 0. The Bertz CT molecular complexity index is 434. The summed E-state index contributed by atoms with van der Waals surface area (Å²) in [5.74, 6) is -1.25. The zero-order chi connectivity index (χ0) is 12.7. The Morgan fingerprint density at radius 3 is 3.12 bits per heavy atom. The largest absolute Gasteiger partial charge is 0.476 e. The fourth-order valence-electron chi connectivity index (χ4n) is 0.839. The van der Waals surface area contributed by atoms with Gasteiger partial charge >= 0.3 is 5.97 Å². The van der Waals surface area contributed by atoms with E-state index in [0.717, 1.165) is 11.3 Å². The molecule has 0 saturated heterocycles. The van der Waals surface area contributed by atoms with Gasteiger partial charge in [0.05, 0.1) is 0 Å². The molecule has 0 spiro atoms. The average molecular weight is 322 g/mol. The number of carboxylic acids is 1. The predicted molar refractivity (Wildman–Crippen MR) is 65.7 cm³/mol. The quantitative estimate of drug-likeness (QED) is 0.255. The molecule has 0 bridgehead atoms. The number of aromatic nitrogens is 1. The molecule has 1 aromatic rings. The number of hydrogen-bond donors (Lipinski definition) is 2. The molecular formula is C8H8BrN3O4S. The van der Waals surface area contributed by atoms with E-state index in [1.54, 1.807) is 0 Å². The molecule has 0 unspecified atom stereocenters. The molecule has 0 aliphatic carbocycles. The Kier molecular flexibility index (Phi) is 5.57. The summed E-state index contributed by atoms with van der Waals surface area (Å²) in [5, 5.41) is 17.0. The van der Waals surface area contributed by atoms with Crippen LogP contribution in [0.2, 0.25) is 0 Å². The number of halogens is 1. The van der Waals surface area contributed by atoms with Crippen LogP contribution in [0.15, 0.2) is 10.5 Å². The third-order valence-electron chi connectivity index (χ3n) is 1.46. The lowest BCUT2D eigenvalue weighted by molar-refractivity contribution is -0.129. The van der Waals surface area contributed by atoms with E-state index >= 15 is 0 Å². The molecule has 1 rings (SSSR count). The number of anilines is 1. The van der Waals surface area contributed by atoms with Gasteiger partial charge in [0.1, 0.15) is 12.3 Å². The monoisotopic (exact) mass is 321 g/mol. The van der Waals surface area contributed by atoms with Crippen molar-refractivity contribution in [3.63, 3.8) is 0 Å². The van der Waals surface area contributed by atoms with Gasteiger partial charge in [0, 0.05) is 10.7 Å². The van der Waals surface area contributed by atoms with Gasteiger partial charge in [-0.15, -0.1) is 11.3 Å². The number of oxime groups is 1. The molecule has 1 aromatic heterocycles. The van der Waals surface area contributed by atoms with Gasteiger partial charge in [-0.1, -0.05) is 21.1 Å². The van der Waals surface area contributed by atoms with Crippen LogP contribution in [-0.2, 0) is 14.4 Å². The number of nitrogens with zero attached hydrogens (tertiary/aromatic N) is 2. The Morgan fingerprint density at radius 1 is 1.76 bits per heavy atom. The number of hydrogen-bond acceptors (Lipinski definition) is 6. The number of thiazole rings is 1. The molecule has 92 valence electrons. The van der Waals surface area contributed by atoms with Gasteiger partial charge < -0.3 is 15.3 Å². The lowest BCUT2D eigenvalue weighted by Gasteiger charge is -1.98. The molecule has 7 nitrogen and oxygen atoms in total. The normalized spacial score (nSPS) is 11.0.